The lowest BCUT2D eigenvalue weighted by molar-refractivity contribution is -0.154. The average Bonchev–Trinajstić information content (AvgIpc) is 3.14. The Morgan fingerprint density at radius 3 is 1.22 bits per heavy atom. The summed E-state index contributed by atoms with van der Waals surface area (Å²) < 4.78 is 11.1. The monoisotopic (exact) mass is 711 g/mol. The van der Waals surface area contributed by atoms with E-state index in [2.05, 4.69) is 80.7 Å². The molecule has 0 aromatic carbocycles. The Balaban J connectivity index is 3.54. The Morgan fingerprint density at radius 2 is 0.843 bits per heavy atom. The Hall–Kier alpha value is -2.17. The molecule has 4 nitrogen and oxygen atoms in total. The smallest absolute Gasteiger partial charge is 0.306 e. The maximum Gasteiger partial charge on any atom is 0.306 e. The largest absolute Gasteiger partial charge is 0.457 e. The molecule has 0 saturated carbocycles. The predicted molar refractivity (Wildman–Crippen MR) is 223 cm³/mol. The van der Waals surface area contributed by atoms with Crippen molar-refractivity contribution in [2.24, 2.45) is 0 Å². The summed E-state index contributed by atoms with van der Waals surface area (Å²) in [5.74, 6) is -0.281. The van der Waals surface area contributed by atoms with Gasteiger partial charge in [-0.05, 0) is 51.4 Å². The second kappa shape index (κ2) is 44.0. The maximum absolute atomic E-state index is 12.2. The molecule has 0 aliphatic rings. The minimum atomic E-state index is -0.576. The summed E-state index contributed by atoms with van der Waals surface area (Å²) in [6, 6.07) is 0. The topological polar surface area (TPSA) is 55.8 Å². The summed E-state index contributed by atoms with van der Waals surface area (Å²) in [6.07, 6.45) is 59.8. The number of ether oxygens (including phenoxy) is 2. The number of aliphatic hydroxyl groups is 1. The van der Waals surface area contributed by atoms with E-state index in [1.807, 2.05) is 6.08 Å². The van der Waals surface area contributed by atoms with Gasteiger partial charge in [-0.1, -0.05) is 209 Å². The summed E-state index contributed by atoms with van der Waals surface area (Å²) >= 11 is 0. The Labute approximate surface area is 317 Å². The van der Waals surface area contributed by atoms with Crippen LogP contribution >= 0.6 is 0 Å². The zero-order valence-electron chi connectivity index (χ0n) is 33.6. The standard InChI is InChI=1S/C47H82O4/c1-3-5-7-9-11-13-15-17-19-21-23-25-27-29-31-33-35-37-39-41-43-50-45-46(44-48)51-47(49)42-40-38-36-34-32-30-28-26-24-22-20-18-16-14-12-10-8-6-4-2/h6,8,12,14,18,20,24,26,30,32,36,38,46,48H,3-5,7,9-11,13,15-17,19,21-23,25,27-29,31,33-35,37,39-45H2,1-2H3/b8-6-,14-12-,20-18-,26-24-,32-30-,38-36-. The van der Waals surface area contributed by atoms with Crippen LogP contribution in [0.25, 0.3) is 0 Å². The fraction of sp³-hybridized carbons (Fsp3) is 0.723. The van der Waals surface area contributed by atoms with Crippen LogP contribution in [0.5, 0.6) is 0 Å². The van der Waals surface area contributed by atoms with Crippen molar-refractivity contribution in [3.8, 4) is 0 Å². The molecule has 0 aliphatic carbocycles. The third-order valence-electron chi connectivity index (χ3n) is 9.06. The molecule has 0 aromatic rings. The highest BCUT2D eigenvalue weighted by Gasteiger charge is 2.13. The molecule has 1 atom stereocenters. The average molecular weight is 711 g/mol. The van der Waals surface area contributed by atoms with Gasteiger partial charge in [-0.15, -0.1) is 0 Å². The van der Waals surface area contributed by atoms with Crippen molar-refractivity contribution in [3.05, 3.63) is 72.9 Å². The Morgan fingerprint density at radius 1 is 0.490 bits per heavy atom. The molecule has 294 valence electrons. The first-order valence-corrected chi connectivity index (χ1v) is 21.5. The third kappa shape index (κ3) is 42.1. The van der Waals surface area contributed by atoms with Crippen molar-refractivity contribution in [2.75, 3.05) is 19.8 Å². The van der Waals surface area contributed by atoms with E-state index in [-0.39, 0.29) is 19.2 Å². The highest BCUT2D eigenvalue weighted by Crippen LogP contribution is 2.15. The molecule has 1 N–H and O–H groups in total. The lowest BCUT2D eigenvalue weighted by Gasteiger charge is -2.15. The van der Waals surface area contributed by atoms with E-state index < -0.39 is 6.10 Å². The van der Waals surface area contributed by atoms with Gasteiger partial charge in [0.15, 0.2) is 0 Å². The number of unbranched alkanes of at least 4 members (excludes halogenated alkanes) is 19. The number of rotatable bonds is 39. The molecular formula is C47H82O4. The predicted octanol–water partition coefficient (Wildman–Crippen LogP) is 14.2. The van der Waals surface area contributed by atoms with Crippen LogP contribution in [0.3, 0.4) is 0 Å². The van der Waals surface area contributed by atoms with Crippen LogP contribution in [-0.4, -0.2) is 37.0 Å². The molecule has 0 spiro atoms. The highest BCUT2D eigenvalue weighted by molar-refractivity contribution is 5.69. The molecule has 0 saturated heterocycles. The fourth-order valence-corrected chi connectivity index (χ4v) is 5.88. The van der Waals surface area contributed by atoms with Crippen molar-refractivity contribution in [2.45, 2.75) is 200 Å². The molecule has 0 heterocycles. The number of carbonyl (C=O) groups excluding carboxylic acids is 1. The van der Waals surface area contributed by atoms with Crippen molar-refractivity contribution in [1.29, 1.82) is 0 Å². The summed E-state index contributed by atoms with van der Waals surface area (Å²) in [7, 11) is 0. The molecule has 0 amide bonds. The van der Waals surface area contributed by atoms with Crippen LogP contribution in [0.4, 0.5) is 0 Å². The van der Waals surface area contributed by atoms with E-state index in [9.17, 15) is 9.90 Å². The lowest BCUT2D eigenvalue weighted by Crippen LogP contribution is -2.27. The van der Waals surface area contributed by atoms with E-state index in [0.29, 0.717) is 19.4 Å². The molecule has 51 heavy (non-hydrogen) atoms. The van der Waals surface area contributed by atoms with Gasteiger partial charge in [0.25, 0.3) is 0 Å². The van der Waals surface area contributed by atoms with Crippen LogP contribution in [0.15, 0.2) is 72.9 Å². The van der Waals surface area contributed by atoms with E-state index in [1.165, 1.54) is 122 Å². The molecule has 0 aromatic heterocycles. The Kier molecular flexibility index (Phi) is 42.1. The van der Waals surface area contributed by atoms with Gasteiger partial charge >= 0.3 is 5.97 Å². The quantitative estimate of drug-likeness (QED) is 0.0392. The third-order valence-corrected chi connectivity index (χ3v) is 9.06. The van der Waals surface area contributed by atoms with Crippen LogP contribution < -0.4 is 0 Å². The normalized spacial score (nSPS) is 13.1. The fourth-order valence-electron chi connectivity index (χ4n) is 5.88. The van der Waals surface area contributed by atoms with Crippen molar-refractivity contribution >= 4 is 5.97 Å². The Bertz CT molecular complexity index is 881. The van der Waals surface area contributed by atoms with Gasteiger partial charge < -0.3 is 14.6 Å². The van der Waals surface area contributed by atoms with Gasteiger partial charge in [0.2, 0.25) is 0 Å². The van der Waals surface area contributed by atoms with Gasteiger partial charge in [0.1, 0.15) is 6.10 Å². The SMILES string of the molecule is CC/C=C\C/C=C\C/C=C\C/C=C\C/C=C\C/C=C\CCC(=O)OC(CO)COCCCCCCCCCCCCCCCCCCCCCC. The van der Waals surface area contributed by atoms with E-state index >= 15 is 0 Å². The first kappa shape index (κ1) is 48.8. The van der Waals surface area contributed by atoms with Crippen LogP contribution in [0, 0.1) is 0 Å². The molecule has 0 aliphatic heterocycles. The molecule has 0 bridgehead atoms. The van der Waals surface area contributed by atoms with Crippen molar-refractivity contribution in [3.63, 3.8) is 0 Å². The summed E-state index contributed by atoms with van der Waals surface area (Å²) in [5, 5.41) is 9.59. The number of aliphatic hydroxyl groups excluding tert-OH is 1. The zero-order chi connectivity index (χ0) is 37.0. The van der Waals surface area contributed by atoms with E-state index in [1.54, 1.807) is 0 Å². The van der Waals surface area contributed by atoms with Gasteiger partial charge in [-0.2, -0.15) is 0 Å². The van der Waals surface area contributed by atoms with Gasteiger partial charge in [-0.25, -0.2) is 0 Å². The zero-order valence-corrected chi connectivity index (χ0v) is 33.6. The number of hydrogen-bond donors (Lipinski definition) is 1. The maximum atomic E-state index is 12.2. The number of hydrogen-bond acceptors (Lipinski definition) is 4. The van der Waals surface area contributed by atoms with Crippen LogP contribution in [-0.2, 0) is 14.3 Å². The molecule has 0 rings (SSSR count). The van der Waals surface area contributed by atoms with Crippen molar-refractivity contribution in [1.82, 2.24) is 0 Å². The van der Waals surface area contributed by atoms with Gasteiger partial charge in [0, 0.05) is 13.0 Å². The molecular weight excluding hydrogens is 629 g/mol. The highest BCUT2D eigenvalue weighted by atomic mass is 16.6. The second-order valence-electron chi connectivity index (χ2n) is 14.0. The first-order valence-electron chi connectivity index (χ1n) is 21.5. The number of esters is 1. The summed E-state index contributed by atoms with van der Waals surface area (Å²) in [5.41, 5.74) is 0. The molecule has 0 fully saturated rings. The summed E-state index contributed by atoms with van der Waals surface area (Å²) in [6.45, 7) is 5.16. The van der Waals surface area contributed by atoms with E-state index in [4.69, 9.17) is 9.47 Å². The number of allylic oxidation sites excluding steroid dienone is 12. The van der Waals surface area contributed by atoms with Crippen LogP contribution in [0.2, 0.25) is 0 Å². The minimum absolute atomic E-state index is 0.203. The van der Waals surface area contributed by atoms with Gasteiger partial charge in [0.05, 0.1) is 13.2 Å². The molecule has 0 radical (unpaired) electrons. The molecule has 4 heteroatoms. The van der Waals surface area contributed by atoms with E-state index in [0.717, 1.165) is 44.9 Å². The summed E-state index contributed by atoms with van der Waals surface area (Å²) in [4.78, 5) is 12.2. The van der Waals surface area contributed by atoms with Crippen molar-refractivity contribution < 1.29 is 19.4 Å². The van der Waals surface area contributed by atoms with Crippen LogP contribution in [0.1, 0.15) is 194 Å². The minimum Gasteiger partial charge on any atom is -0.457 e. The second-order valence-corrected chi connectivity index (χ2v) is 14.0. The first-order chi connectivity index (χ1) is 25.2. The number of carbonyl (C=O) groups is 1. The van der Waals surface area contributed by atoms with Gasteiger partial charge in [-0.3, -0.25) is 4.79 Å². The molecule has 1 unspecified atom stereocenters. The lowest BCUT2D eigenvalue weighted by atomic mass is 10.0.